The van der Waals surface area contributed by atoms with Crippen molar-refractivity contribution in [3.63, 3.8) is 0 Å². The lowest BCUT2D eigenvalue weighted by Gasteiger charge is -2.38. The molecule has 3 rings (SSSR count). The van der Waals surface area contributed by atoms with Crippen LogP contribution in [0.15, 0.2) is 42.5 Å². The maximum Gasteiger partial charge on any atom is 0.171 e. The van der Waals surface area contributed by atoms with Gasteiger partial charge in [0.15, 0.2) is 5.11 Å². The summed E-state index contributed by atoms with van der Waals surface area (Å²) in [5.74, 6) is 0.535. The molecule has 0 radical (unpaired) electrons. The number of benzene rings is 2. The van der Waals surface area contributed by atoms with Crippen molar-refractivity contribution in [3.8, 4) is 5.75 Å². The van der Waals surface area contributed by atoms with E-state index in [0.717, 1.165) is 23.3 Å². The minimum Gasteiger partial charge on any atom is -0.487 e. The van der Waals surface area contributed by atoms with Gasteiger partial charge in [-0.25, -0.2) is 4.39 Å². The van der Waals surface area contributed by atoms with Gasteiger partial charge in [-0.3, -0.25) is 0 Å². The van der Waals surface area contributed by atoms with Gasteiger partial charge in [0.05, 0.1) is 11.7 Å². The normalized spacial score (nSPS) is 18.2. The van der Waals surface area contributed by atoms with E-state index in [1.165, 1.54) is 6.07 Å². The van der Waals surface area contributed by atoms with E-state index in [2.05, 4.69) is 30.5 Å². The number of hydrogen-bond acceptors (Lipinski definition) is 2. The maximum absolute atomic E-state index is 13.8. The summed E-state index contributed by atoms with van der Waals surface area (Å²) in [6.45, 7) is 6.16. The molecule has 0 saturated carbocycles. The van der Waals surface area contributed by atoms with Gasteiger partial charge < -0.3 is 15.4 Å². The zero-order valence-electron chi connectivity index (χ0n) is 14.0. The Morgan fingerprint density at radius 2 is 2.00 bits per heavy atom. The molecule has 126 valence electrons. The molecular formula is C19H21FN2OS. The Labute approximate surface area is 147 Å². The molecule has 3 nitrogen and oxygen atoms in total. The Hall–Kier alpha value is -2.14. The van der Waals surface area contributed by atoms with Crippen LogP contribution in [0.25, 0.3) is 0 Å². The number of rotatable bonds is 2. The van der Waals surface area contributed by atoms with Crippen LogP contribution in [0.3, 0.4) is 0 Å². The standard InChI is InChI=1S/C19H21FN2OS/c1-12-8-9-17-13(10-12)16(11-19(2,3)23-17)22-18(24)21-15-7-5-4-6-14(15)20/h4-10,16H,11H2,1-3H3,(H2,21,22,24)/t16-/m1/s1. The SMILES string of the molecule is Cc1ccc2c(c1)[C@H](NC(=S)Nc1ccccc1F)CC(C)(C)O2. The van der Waals surface area contributed by atoms with E-state index in [4.69, 9.17) is 17.0 Å². The van der Waals surface area contributed by atoms with Gasteiger partial charge in [-0.05, 0) is 51.2 Å². The Balaban J connectivity index is 1.80. The molecule has 2 aromatic carbocycles. The van der Waals surface area contributed by atoms with Crippen LogP contribution in [0.1, 0.15) is 37.4 Å². The molecule has 0 spiro atoms. The lowest BCUT2D eigenvalue weighted by Crippen LogP contribution is -2.42. The van der Waals surface area contributed by atoms with E-state index in [0.29, 0.717) is 10.8 Å². The van der Waals surface area contributed by atoms with Crippen LogP contribution in [0.4, 0.5) is 10.1 Å². The Bertz CT molecular complexity index is 776. The van der Waals surface area contributed by atoms with Gasteiger partial charge in [0.25, 0.3) is 0 Å². The summed E-state index contributed by atoms with van der Waals surface area (Å²) in [5, 5.41) is 6.64. The van der Waals surface area contributed by atoms with Crippen LogP contribution in [-0.4, -0.2) is 10.7 Å². The van der Waals surface area contributed by atoms with E-state index in [1.807, 2.05) is 19.1 Å². The van der Waals surface area contributed by atoms with Crippen molar-refractivity contribution in [3.05, 3.63) is 59.4 Å². The quantitative estimate of drug-likeness (QED) is 0.772. The fraction of sp³-hybridized carbons (Fsp3) is 0.316. The van der Waals surface area contributed by atoms with Crippen LogP contribution in [-0.2, 0) is 0 Å². The van der Waals surface area contributed by atoms with Crippen LogP contribution in [0, 0.1) is 12.7 Å². The minimum atomic E-state index is -0.329. The molecule has 0 aromatic heterocycles. The number of fused-ring (bicyclic) bond motifs is 1. The second-order valence-electron chi connectivity index (χ2n) is 6.74. The van der Waals surface area contributed by atoms with Gasteiger partial charge in [0.1, 0.15) is 17.2 Å². The van der Waals surface area contributed by atoms with Crippen molar-refractivity contribution in [1.82, 2.24) is 5.32 Å². The second kappa shape index (κ2) is 6.40. The molecule has 0 amide bonds. The molecule has 2 N–H and O–H groups in total. The number of thiocarbonyl (C=S) groups is 1. The molecule has 0 fully saturated rings. The second-order valence-corrected chi connectivity index (χ2v) is 7.15. The summed E-state index contributed by atoms with van der Waals surface area (Å²) in [5.41, 5.74) is 2.31. The van der Waals surface area contributed by atoms with Crippen LogP contribution < -0.4 is 15.4 Å². The third-order valence-corrected chi connectivity index (χ3v) is 4.27. The fourth-order valence-corrected chi connectivity index (χ4v) is 3.23. The fourth-order valence-electron chi connectivity index (χ4n) is 2.98. The van der Waals surface area contributed by atoms with E-state index >= 15 is 0 Å². The summed E-state index contributed by atoms with van der Waals surface area (Å²) in [4.78, 5) is 0. The third kappa shape index (κ3) is 3.67. The van der Waals surface area contributed by atoms with Crippen molar-refractivity contribution in [1.29, 1.82) is 0 Å². The lowest BCUT2D eigenvalue weighted by atomic mass is 9.89. The van der Waals surface area contributed by atoms with Crippen molar-refractivity contribution in [2.24, 2.45) is 0 Å². The maximum atomic E-state index is 13.8. The third-order valence-electron chi connectivity index (χ3n) is 4.05. The van der Waals surface area contributed by atoms with E-state index in [-0.39, 0.29) is 17.5 Å². The molecule has 5 heteroatoms. The van der Waals surface area contributed by atoms with Crippen molar-refractivity contribution in [2.45, 2.75) is 38.8 Å². The zero-order valence-corrected chi connectivity index (χ0v) is 14.8. The molecule has 1 aliphatic heterocycles. The first kappa shape index (κ1) is 16.7. The molecule has 0 saturated heterocycles. The van der Waals surface area contributed by atoms with Crippen LogP contribution in [0.5, 0.6) is 5.75 Å². The number of anilines is 1. The monoisotopic (exact) mass is 344 g/mol. The highest BCUT2D eigenvalue weighted by atomic mass is 32.1. The smallest absolute Gasteiger partial charge is 0.171 e. The molecule has 1 heterocycles. The molecule has 2 aromatic rings. The Kier molecular flexibility index (Phi) is 4.45. The highest BCUT2D eigenvalue weighted by Crippen LogP contribution is 2.39. The molecule has 0 aliphatic carbocycles. The molecule has 1 atom stereocenters. The van der Waals surface area contributed by atoms with Gasteiger partial charge in [0.2, 0.25) is 0 Å². The van der Waals surface area contributed by atoms with Crippen LogP contribution in [0.2, 0.25) is 0 Å². The summed E-state index contributed by atoms with van der Waals surface area (Å²) in [7, 11) is 0. The summed E-state index contributed by atoms with van der Waals surface area (Å²) in [6, 6.07) is 12.6. The largest absolute Gasteiger partial charge is 0.487 e. The molecule has 0 bridgehead atoms. The van der Waals surface area contributed by atoms with Crippen LogP contribution >= 0.6 is 12.2 Å². The highest BCUT2D eigenvalue weighted by molar-refractivity contribution is 7.80. The number of halogens is 1. The molecule has 1 aliphatic rings. The summed E-state index contributed by atoms with van der Waals surface area (Å²) in [6.07, 6.45) is 0.766. The minimum absolute atomic E-state index is 0.00965. The Morgan fingerprint density at radius 1 is 1.25 bits per heavy atom. The van der Waals surface area contributed by atoms with Crippen molar-refractivity contribution < 1.29 is 9.13 Å². The first-order valence-corrected chi connectivity index (χ1v) is 8.36. The first-order chi connectivity index (χ1) is 11.3. The van der Waals surface area contributed by atoms with Crippen molar-refractivity contribution in [2.75, 3.05) is 5.32 Å². The predicted molar refractivity (Wildman–Crippen MR) is 99.0 cm³/mol. The average molecular weight is 344 g/mol. The predicted octanol–water partition coefficient (Wildman–Crippen LogP) is 4.72. The Morgan fingerprint density at radius 3 is 2.75 bits per heavy atom. The van der Waals surface area contributed by atoms with Gasteiger partial charge in [-0.1, -0.05) is 29.8 Å². The number of hydrogen-bond donors (Lipinski definition) is 2. The number of nitrogens with one attached hydrogen (secondary N) is 2. The van der Waals surface area contributed by atoms with Gasteiger partial charge in [0, 0.05) is 12.0 Å². The van der Waals surface area contributed by atoms with E-state index in [1.54, 1.807) is 18.2 Å². The molecule has 24 heavy (non-hydrogen) atoms. The van der Waals surface area contributed by atoms with Gasteiger partial charge in [-0.15, -0.1) is 0 Å². The topological polar surface area (TPSA) is 33.3 Å². The number of ether oxygens (including phenoxy) is 1. The highest BCUT2D eigenvalue weighted by Gasteiger charge is 2.34. The van der Waals surface area contributed by atoms with E-state index < -0.39 is 0 Å². The number of aryl methyl sites for hydroxylation is 1. The van der Waals surface area contributed by atoms with Crippen molar-refractivity contribution >= 4 is 23.0 Å². The van der Waals surface area contributed by atoms with E-state index in [9.17, 15) is 4.39 Å². The lowest BCUT2D eigenvalue weighted by molar-refractivity contribution is 0.0696. The summed E-state index contributed by atoms with van der Waals surface area (Å²) >= 11 is 5.38. The number of para-hydroxylation sites is 1. The first-order valence-electron chi connectivity index (χ1n) is 7.96. The zero-order chi connectivity index (χ0) is 17.3. The summed E-state index contributed by atoms with van der Waals surface area (Å²) < 4.78 is 19.8. The van der Waals surface area contributed by atoms with Gasteiger partial charge in [-0.2, -0.15) is 0 Å². The average Bonchev–Trinajstić information content (AvgIpc) is 2.49. The van der Waals surface area contributed by atoms with Gasteiger partial charge >= 0.3 is 0 Å². The molecular weight excluding hydrogens is 323 g/mol. The molecule has 0 unspecified atom stereocenters.